The van der Waals surface area contributed by atoms with Gasteiger partial charge in [-0.2, -0.15) is 0 Å². The van der Waals surface area contributed by atoms with E-state index in [0.29, 0.717) is 6.54 Å². The molecule has 0 bridgehead atoms. The number of para-hydroxylation sites is 1. The van der Waals surface area contributed by atoms with Crippen LogP contribution in [0.5, 0.6) is 0 Å². The Morgan fingerprint density at radius 1 is 1.12 bits per heavy atom. The Morgan fingerprint density at radius 2 is 1.88 bits per heavy atom. The second-order valence-corrected chi connectivity index (χ2v) is 7.61. The Labute approximate surface area is 157 Å². The van der Waals surface area contributed by atoms with Gasteiger partial charge in [-0.15, -0.1) is 0 Å². The fourth-order valence-corrected chi connectivity index (χ4v) is 3.92. The molecule has 0 spiro atoms. The van der Waals surface area contributed by atoms with Gasteiger partial charge < -0.3 is 19.4 Å². The molecule has 0 atom stereocenters. The molecule has 0 N–H and O–H groups in total. The summed E-state index contributed by atoms with van der Waals surface area (Å²) in [6.07, 6.45) is 4.77. The Balaban J connectivity index is 1.41. The molecule has 2 heterocycles. The van der Waals surface area contributed by atoms with Crippen molar-refractivity contribution in [2.75, 3.05) is 64.4 Å². The van der Waals surface area contributed by atoms with Crippen LogP contribution in [-0.2, 0) is 9.53 Å². The zero-order chi connectivity index (χ0) is 18.2. The Bertz CT molecular complexity index is 545. The third-order valence-corrected chi connectivity index (χ3v) is 5.71. The number of anilines is 1. The fourth-order valence-electron chi connectivity index (χ4n) is 3.92. The number of hydrogen-bond acceptors (Lipinski definition) is 4. The largest absolute Gasteiger partial charge is 0.381 e. The van der Waals surface area contributed by atoms with Crippen molar-refractivity contribution in [1.82, 2.24) is 9.80 Å². The van der Waals surface area contributed by atoms with Crippen LogP contribution in [0.3, 0.4) is 0 Å². The van der Waals surface area contributed by atoms with Crippen LogP contribution in [0.1, 0.15) is 25.7 Å². The lowest BCUT2D eigenvalue weighted by molar-refractivity contribution is -0.129. The van der Waals surface area contributed by atoms with Gasteiger partial charge in [0.2, 0.25) is 5.91 Å². The normalized spacial score (nSPS) is 20.0. The zero-order valence-electron chi connectivity index (χ0n) is 16.1. The molecule has 2 aliphatic rings. The van der Waals surface area contributed by atoms with E-state index >= 15 is 0 Å². The van der Waals surface area contributed by atoms with Gasteiger partial charge >= 0.3 is 0 Å². The molecule has 5 heteroatoms. The molecule has 2 fully saturated rings. The third-order valence-electron chi connectivity index (χ3n) is 5.71. The van der Waals surface area contributed by atoms with Gasteiger partial charge in [0, 0.05) is 45.6 Å². The van der Waals surface area contributed by atoms with E-state index in [4.69, 9.17) is 4.74 Å². The quantitative estimate of drug-likeness (QED) is 0.782. The summed E-state index contributed by atoms with van der Waals surface area (Å²) in [6, 6.07) is 10.1. The number of likely N-dealkylation sites (N-methyl/N-ethyl adjacent to an activating group) is 1. The highest BCUT2D eigenvalue weighted by molar-refractivity contribution is 5.81. The molecule has 1 amide bonds. The lowest BCUT2D eigenvalue weighted by atomic mass is 9.96. The second-order valence-electron chi connectivity index (χ2n) is 7.61. The summed E-state index contributed by atoms with van der Waals surface area (Å²) >= 11 is 0. The number of benzene rings is 1. The molecule has 2 aliphatic heterocycles. The number of rotatable bonds is 6. The maximum atomic E-state index is 12.7. The average Bonchev–Trinajstić information content (AvgIpc) is 2.93. The molecule has 1 aromatic carbocycles. The van der Waals surface area contributed by atoms with Crippen LogP contribution in [0.25, 0.3) is 0 Å². The number of carbonyl (C=O) groups is 1. The van der Waals surface area contributed by atoms with Crippen molar-refractivity contribution in [1.29, 1.82) is 0 Å². The molecule has 26 heavy (non-hydrogen) atoms. The fraction of sp³-hybridized carbons (Fsp3) is 0.667. The Morgan fingerprint density at radius 3 is 2.65 bits per heavy atom. The summed E-state index contributed by atoms with van der Waals surface area (Å²) in [4.78, 5) is 19.3. The minimum Gasteiger partial charge on any atom is -0.381 e. The predicted octanol–water partition coefficient (Wildman–Crippen LogP) is 2.47. The first-order chi connectivity index (χ1) is 12.7. The average molecular weight is 360 g/mol. The molecule has 0 unspecified atom stereocenters. The van der Waals surface area contributed by atoms with Gasteiger partial charge in [0.1, 0.15) is 0 Å². The van der Waals surface area contributed by atoms with Crippen molar-refractivity contribution in [2.24, 2.45) is 5.92 Å². The summed E-state index contributed by atoms with van der Waals surface area (Å²) in [5, 5.41) is 0. The molecule has 2 saturated heterocycles. The molecule has 0 aromatic heterocycles. The van der Waals surface area contributed by atoms with Gasteiger partial charge in [0.15, 0.2) is 0 Å². The topological polar surface area (TPSA) is 36.0 Å². The van der Waals surface area contributed by atoms with Crippen LogP contribution in [0, 0.1) is 5.92 Å². The first-order valence-electron chi connectivity index (χ1n) is 10.1. The van der Waals surface area contributed by atoms with E-state index in [2.05, 4.69) is 4.90 Å². The van der Waals surface area contributed by atoms with Gasteiger partial charge in [0.05, 0.1) is 6.54 Å². The second kappa shape index (κ2) is 9.93. The maximum Gasteiger partial charge on any atom is 0.242 e. The first-order valence-corrected chi connectivity index (χ1v) is 10.1. The molecule has 144 valence electrons. The van der Waals surface area contributed by atoms with Crippen LogP contribution in [-0.4, -0.2) is 75.2 Å². The minimum atomic E-state index is 0.239. The standard InChI is InChI=1S/C21H33N3O2/c1-22(20-6-3-2-4-7-20)18-21(25)24-12-5-11-23(14-15-24)13-8-19-9-16-26-17-10-19/h2-4,6-7,19H,5,8-18H2,1H3. The van der Waals surface area contributed by atoms with Crippen LogP contribution in [0.15, 0.2) is 30.3 Å². The van der Waals surface area contributed by atoms with Gasteiger partial charge in [0.25, 0.3) is 0 Å². The van der Waals surface area contributed by atoms with Crippen molar-refractivity contribution in [3.05, 3.63) is 30.3 Å². The van der Waals surface area contributed by atoms with E-state index in [9.17, 15) is 4.79 Å². The van der Waals surface area contributed by atoms with Crippen molar-refractivity contribution < 1.29 is 9.53 Å². The highest BCUT2D eigenvalue weighted by atomic mass is 16.5. The summed E-state index contributed by atoms with van der Waals surface area (Å²) in [5.41, 5.74) is 1.09. The summed E-state index contributed by atoms with van der Waals surface area (Å²) in [5.74, 6) is 1.06. The van der Waals surface area contributed by atoms with E-state index in [0.717, 1.165) is 64.0 Å². The smallest absolute Gasteiger partial charge is 0.242 e. The molecular formula is C21H33N3O2. The van der Waals surface area contributed by atoms with Gasteiger partial charge in [-0.1, -0.05) is 18.2 Å². The monoisotopic (exact) mass is 359 g/mol. The van der Waals surface area contributed by atoms with Gasteiger partial charge in [-0.25, -0.2) is 0 Å². The number of amides is 1. The first kappa shape index (κ1) is 19.2. The van der Waals surface area contributed by atoms with Crippen molar-refractivity contribution >= 4 is 11.6 Å². The van der Waals surface area contributed by atoms with Crippen LogP contribution in [0.2, 0.25) is 0 Å². The molecule has 0 saturated carbocycles. The van der Waals surface area contributed by atoms with Crippen LogP contribution in [0.4, 0.5) is 5.69 Å². The lowest BCUT2D eigenvalue weighted by Gasteiger charge is -2.27. The van der Waals surface area contributed by atoms with Crippen LogP contribution >= 0.6 is 0 Å². The van der Waals surface area contributed by atoms with Crippen molar-refractivity contribution in [3.8, 4) is 0 Å². The maximum absolute atomic E-state index is 12.7. The van der Waals surface area contributed by atoms with Gasteiger partial charge in [-0.05, 0) is 56.8 Å². The predicted molar refractivity (Wildman–Crippen MR) is 106 cm³/mol. The lowest BCUT2D eigenvalue weighted by Crippen LogP contribution is -2.41. The number of carbonyl (C=O) groups excluding carboxylic acids is 1. The number of hydrogen-bond donors (Lipinski definition) is 0. The highest BCUT2D eigenvalue weighted by Gasteiger charge is 2.21. The Hall–Kier alpha value is -1.59. The number of nitrogens with zero attached hydrogens (tertiary/aromatic N) is 3. The molecular weight excluding hydrogens is 326 g/mol. The zero-order valence-corrected chi connectivity index (χ0v) is 16.1. The van der Waals surface area contributed by atoms with E-state index in [1.165, 1.54) is 19.3 Å². The molecule has 0 aliphatic carbocycles. The van der Waals surface area contributed by atoms with E-state index < -0.39 is 0 Å². The van der Waals surface area contributed by atoms with E-state index in [1.807, 2.05) is 47.2 Å². The highest BCUT2D eigenvalue weighted by Crippen LogP contribution is 2.19. The number of ether oxygens (including phenoxy) is 1. The van der Waals surface area contributed by atoms with E-state index in [1.54, 1.807) is 0 Å². The molecule has 1 aromatic rings. The minimum absolute atomic E-state index is 0.239. The SMILES string of the molecule is CN(CC(=O)N1CCCN(CCC2CCOCC2)CC1)c1ccccc1. The summed E-state index contributed by atoms with van der Waals surface area (Å²) in [7, 11) is 1.99. The van der Waals surface area contributed by atoms with Crippen LogP contribution < -0.4 is 4.90 Å². The molecule has 3 rings (SSSR count). The van der Waals surface area contributed by atoms with E-state index in [-0.39, 0.29) is 5.91 Å². The summed E-state index contributed by atoms with van der Waals surface area (Å²) in [6.45, 7) is 7.34. The van der Waals surface area contributed by atoms with Crippen molar-refractivity contribution in [2.45, 2.75) is 25.7 Å². The third kappa shape index (κ3) is 5.71. The molecule has 0 radical (unpaired) electrons. The molecule has 5 nitrogen and oxygen atoms in total. The summed E-state index contributed by atoms with van der Waals surface area (Å²) < 4.78 is 5.45. The Kier molecular flexibility index (Phi) is 7.32. The van der Waals surface area contributed by atoms with Crippen molar-refractivity contribution in [3.63, 3.8) is 0 Å². The van der Waals surface area contributed by atoms with Gasteiger partial charge in [-0.3, -0.25) is 4.79 Å².